The number of thiophene rings is 1. The number of nitrogens with zero attached hydrogens (tertiary/aromatic N) is 4. The van der Waals surface area contributed by atoms with Gasteiger partial charge in [0.15, 0.2) is 11.6 Å². The predicted molar refractivity (Wildman–Crippen MR) is 116 cm³/mol. The molecule has 0 unspecified atom stereocenters. The zero-order valence-electron chi connectivity index (χ0n) is 17.0. The van der Waals surface area contributed by atoms with E-state index in [2.05, 4.69) is 29.3 Å². The Kier molecular flexibility index (Phi) is 5.61. The number of hydrogen-bond acceptors (Lipinski definition) is 8. The van der Waals surface area contributed by atoms with Crippen LogP contribution in [0.5, 0.6) is 0 Å². The van der Waals surface area contributed by atoms with Crippen molar-refractivity contribution in [2.45, 2.75) is 37.4 Å². The van der Waals surface area contributed by atoms with Crippen LogP contribution < -0.4 is 0 Å². The summed E-state index contributed by atoms with van der Waals surface area (Å²) in [5.41, 5.74) is 3.18. The first-order valence-corrected chi connectivity index (χ1v) is 11.6. The van der Waals surface area contributed by atoms with Gasteiger partial charge in [-0.2, -0.15) is 4.80 Å². The van der Waals surface area contributed by atoms with Gasteiger partial charge in [0.25, 0.3) is 0 Å². The number of benzene rings is 1. The average molecular weight is 443 g/mol. The Morgan fingerprint density at radius 3 is 2.67 bits per heavy atom. The van der Waals surface area contributed by atoms with E-state index in [1.165, 1.54) is 4.80 Å². The molecule has 0 saturated heterocycles. The maximum atomic E-state index is 12.8. The summed E-state index contributed by atoms with van der Waals surface area (Å²) < 4.78 is 1.01. The monoisotopic (exact) mass is 442 g/mol. The van der Waals surface area contributed by atoms with Crippen LogP contribution in [0, 0.1) is 5.41 Å². The molecule has 1 aromatic carbocycles. The summed E-state index contributed by atoms with van der Waals surface area (Å²) in [5.74, 6) is 0.416. The Labute approximate surface area is 182 Å². The maximum absolute atomic E-state index is 12.8. The number of aromatic nitrogens is 4. The number of thioether (sulfide) groups is 1. The van der Waals surface area contributed by atoms with Crippen LogP contribution in [0.3, 0.4) is 0 Å². The Hall–Kier alpha value is -2.36. The number of Topliss-reactive ketones (excluding diaryl/α,β-unsaturated/α-hetero) is 2. The van der Waals surface area contributed by atoms with E-state index in [0.717, 1.165) is 32.2 Å². The number of aliphatic hydroxyl groups is 1. The van der Waals surface area contributed by atoms with Crippen LogP contribution >= 0.6 is 23.1 Å². The standard InChI is InChI=1S/C21H22N4O3S2/c1-21(2)8-14-17(15(27)9-21)20(29-3)30-18(14)19-22-24-25(23-19)10-12-4-6-13(7-5-12)16(28)11-26/h4-7,26H,8-11H2,1-3H3. The van der Waals surface area contributed by atoms with Crippen LogP contribution in [0.4, 0.5) is 0 Å². The fraction of sp³-hybridized carbons (Fsp3) is 0.381. The zero-order chi connectivity index (χ0) is 21.5. The van der Waals surface area contributed by atoms with Gasteiger partial charge in [0.05, 0.1) is 15.6 Å². The summed E-state index contributed by atoms with van der Waals surface area (Å²) in [7, 11) is 0. The lowest BCUT2D eigenvalue weighted by atomic mass is 9.74. The van der Waals surface area contributed by atoms with Gasteiger partial charge in [-0.15, -0.1) is 33.3 Å². The minimum Gasteiger partial charge on any atom is -0.388 e. The molecule has 0 fully saturated rings. The lowest BCUT2D eigenvalue weighted by Gasteiger charge is -2.29. The topological polar surface area (TPSA) is 98.0 Å². The summed E-state index contributed by atoms with van der Waals surface area (Å²) in [5, 5.41) is 21.9. The van der Waals surface area contributed by atoms with Crippen molar-refractivity contribution in [3.05, 3.63) is 46.5 Å². The highest BCUT2D eigenvalue weighted by molar-refractivity contribution is 8.00. The number of carbonyl (C=O) groups excluding carboxylic acids is 2. The number of carbonyl (C=O) groups is 2. The molecule has 2 heterocycles. The number of rotatable bonds is 6. The molecule has 2 aromatic heterocycles. The van der Waals surface area contributed by atoms with Crippen LogP contribution in [0.1, 0.15) is 52.1 Å². The Balaban J connectivity index is 1.62. The van der Waals surface area contributed by atoms with Crippen LogP contribution in [0.2, 0.25) is 0 Å². The first-order valence-electron chi connectivity index (χ1n) is 9.55. The van der Waals surface area contributed by atoms with Crippen LogP contribution in [-0.2, 0) is 13.0 Å². The number of aliphatic hydroxyl groups excluding tert-OH is 1. The first kappa shape index (κ1) is 20.9. The largest absolute Gasteiger partial charge is 0.388 e. The van der Waals surface area contributed by atoms with Crippen molar-refractivity contribution in [2.24, 2.45) is 5.41 Å². The number of fused-ring (bicyclic) bond motifs is 1. The third kappa shape index (κ3) is 3.97. The molecule has 0 aliphatic heterocycles. The average Bonchev–Trinajstić information content (AvgIpc) is 3.31. The number of ketones is 2. The van der Waals surface area contributed by atoms with Gasteiger partial charge in [-0.05, 0) is 34.4 Å². The summed E-state index contributed by atoms with van der Waals surface area (Å²) in [4.78, 5) is 26.7. The van der Waals surface area contributed by atoms with Crippen molar-refractivity contribution in [2.75, 3.05) is 12.9 Å². The molecule has 156 valence electrons. The van der Waals surface area contributed by atoms with Crippen LogP contribution in [-0.4, -0.2) is 49.7 Å². The van der Waals surface area contributed by atoms with Crippen LogP contribution in [0.15, 0.2) is 28.5 Å². The molecule has 0 spiro atoms. The van der Waals surface area contributed by atoms with Crippen molar-refractivity contribution in [1.82, 2.24) is 20.2 Å². The summed E-state index contributed by atoms with van der Waals surface area (Å²) >= 11 is 3.15. The fourth-order valence-corrected chi connectivity index (χ4v) is 5.75. The third-order valence-corrected chi connectivity index (χ3v) is 7.48. The van der Waals surface area contributed by atoms with Gasteiger partial charge in [-0.1, -0.05) is 38.1 Å². The molecule has 1 aliphatic rings. The summed E-state index contributed by atoms with van der Waals surface area (Å²) in [6, 6.07) is 6.98. The molecule has 9 heteroatoms. The van der Waals surface area contributed by atoms with Gasteiger partial charge in [0, 0.05) is 17.5 Å². The van der Waals surface area contributed by atoms with Crippen molar-refractivity contribution in [3.63, 3.8) is 0 Å². The van der Waals surface area contributed by atoms with E-state index in [0.29, 0.717) is 24.4 Å². The van der Waals surface area contributed by atoms with E-state index in [-0.39, 0.29) is 17.0 Å². The SMILES string of the molecule is CSc1sc(-c2nnn(Cc3ccc(C(=O)CO)cc3)n2)c2c1C(=O)CC(C)(C)C2. The Morgan fingerprint density at radius 1 is 1.27 bits per heavy atom. The van der Waals surface area contributed by atoms with E-state index in [1.54, 1.807) is 35.2 Å². The van der Waals surface area contributed by atoms with Crippen molar-refractivity contribution in [1.29, 1.82) is 0 Å². The molecule has 0 saturated carbocycles. The molecule has 4 rings (SSSR count). The van der Waals surface area contributed by atoms with Gasteiger partial charge in [-0.3, -0.25) is 9.59 Å². The molecule has 0 amide bonds. The second-order valence-corrected chi connectivity index (χ2v) is 10.2. The van der Waals surface area contributed by atoms with Gasteiger partial charge >= 0.3 is 0 Å². The zero-order valence-corrected chi connectivity index (χ0v) is 18.6. The summed E-state index contributed by atoms with van der Waals surface area (Å²) in [6.45, 7) is 4.14. The van der Waals surface area contributed by atoms with Crippen molar-refractivity contribution < 1.29 is 14.7 Å². The van der Waals surface area contributed by atoms with Gasteiger partial charge in [0.1, 0.15) is 6.61 Å². The van der Waals surface area contributed by atoms with Gasteiger partial charge in [-0.25, -0.2) is 0 Å². The molecule has 0 bridgehead atoms. The van der Waals surface area contributed by atoms with Gasteiger partial charge < -0.3 is 5.11 Å². The molecule has 30 heavy (non-hydrogen) atoms. The Morgan fingerprint density at radius 2 is 2.00 bits per heavy atom. The predicted octanol–water partition coefficient (Wildman–Crippen LogP) is 3.50. The molecule has 0 radical (unpaired) electrons. The second-order valence-electron chi connectivity index (χ2n) is 8.14. The molecule has 1 aliphatic carbocycles. The molecular weight excluding hydrogens is 420 g/mol. The summed E-state index contributed by atoms with van der Waals surface area (Å²) in [6.07, 6.45) is 3.35. The van der Waals surface area contributed by atoms with Gasteiger partial charge in [0.2, 0.25) is 5.82 Å². The molecule has 3 aromatic rings. The van der Waals surface area contributed by atoms with E-state index < -0.39 is 6.61 Å². The molecule has 1 N–H and O–H groups in total. The third-order valence-electron chi connectivity index (χ3n) is 5.13. The quantitative estimate of drug-likeness (QED) is 0.461. The van der Waals surface area contributed by atoms with Crippen LogP contribution in [0.25, 0.3) is 10.7 Å². The maximum Gasteiger partial charge on any atom is 0.215 e. The molecule has 7 nitrogen and oxygen atoms in total. The normalized spacial score (nSPS) is 15.3. The van der Waals surface area contributed by atoms with Crippen molar-refractivity contribution in [3.8, 4) is 10.7 Å². The van der Waals surface area contributed by atoms with E-state index >= 15 is 0 Å². The number of tetrazole rings is 1. The van der Waals surface area contributed by atoms with E-state index in [4.69, 9.17) is 5.11 Å². The smallest absolute Gasteiger partial charge is 0.215 e. The van der Waals surface area contributed by atoms with Crippen molar-refractivity contribution >= 4 is 34.7 Å². The Bertz CT molecular complexity index is 1120. The lowest BCUT2D eigenvalue weighted by Crippen LogP contribution is -2.26. The molecule has 0 atom stereocenters. The fourth-order valence-electron chi connectivity index (χ4n) is 3.73. The first-order chi connectivity index (χ1) is 14.3. The minimum absolute atomic E-state index is 0.0840. The van der Waals surface area contributed by atoms with E-state index in [1.807, 2.05) is 18.4 Å². The van der Waals surface area contributed by atoms with E-state index in [9.17, 15) is 9.59 Å². The second kappa shape index (κ2) is 8.05. The minimum atomic E-state index is -0.504. The highest BCUT2D eigenvalue weighted by Gasteiger charge is 2.37. The highest BCUT2D eigenvalue weighted by atomic mass is 32.2. The molecular formula is C21H22N4O3S2. The highest BCUT2D eigenvalue weighted by Crippen LogP contribution is 2.47. The lowest BCUT2D eigenvalue weighted by molar-refractivity contribution is 0.0899. The number of hydrogen-bond donors (Lipinski definition) is 1.